The van der Waals surface area contributed by atoms with E-state index >= 15 is 0 Å². The topological polar surface area (TPSA) is 75.3 Å². The first-order valence-electron chi connectivity index (χ1n) is 8.66. The highest BCUT2D eigenvalue weighted by Crippen LogP contribution is 2.45. The molecular weight excluding hydrogens is 306 g/mol. The van der Waals surface area contributed by atoms with Crippen molar-refractivity contribution in [3.63, 3.8) is 0 Å². The third-order valence-corrected chi connectivity index (χ3v) is 5.27. The maximum absolute atomic E-state index is 12.7. The third kappa shape index (κ3) is 3.38. The lowest BCUT2D eigenvalue weighted by molar-refractivity contribution is -0.140. The number of carbonyl (C=O) groups is 1. The number of unbranched alkanes of at least 4 members (excludes halogenated alkanes) is 1. The number of aromatic nitrogens is 2. The number of hydrogen-bond acceptors (Lipinski definition) is 4. The number of amides is 1. The predicted molar refractivity (Wildman–Crippen MR) is 93.3 cm³/mol. The van der Waals surface area contributed by atoms with Crippen molar-refractivity contribution in [1.82, 2.24) is 14.9 Å². The molecule has 24 heavy (non-hydrogen) atoms. The average Bonchev–Trinajstić information content (AvgIpc) is 2.52. The molecule has 1 aliphatic carbocycles. The summed E-state index contributed by atoms with van der Waals surface area (Å²) in [7, 11) is 1.74. The number of H-pyrrole nitrogens is 1. The average molecular weight is 335 g/mol. The summed E-state index contributed by atoms with van der Waals surface area (Å²) in [5, 5.41) is 0. The first-order valence-corrected chi connectivity index (χ1v) is 8.66. The molecule has 0 bridgehead atoms. The fourth-order valence-electron chi connectivity index (χ4n) is 3.25. The van der Waals surface area contributed by atoms with Gasteiger partial charge in [0.05, 0.1) is 11.8 Å². The SMILES string of the molecule is CCCCO[C@@H]1C[C@H](N(C)C(=O)c2nc(C)c(C)[nH]c2=O)C1(C)C. The van der Waals surface area contributed by atoms with Crippen LogP contribution in [0.4, 0.5) is 0 Å². The Morgan fingerprint density at radius 1 is 1.42 bits per heavy atom. The van der Waals surface area contributed by atoms with Crippen LogP contribution in [0.2, 0.25) is 0 Å². The van der Waals surface area contributed by atoms with Gasteiger partial charge in [-0.2, -0.15) is 0 Å². The summed E-state index contributed by atoms with van der Waals surface area (Å²) in [6.45, 7) is 10.7. The number of rotatable bonds is 6. The fraction of sp³-hybridized carbons (Fsp3) is 0.722. The summed E-state index contributed by atoms with van der Waals surface area (Å²) >= 11 is 0. The number of aromatic amines is 1. The number of nitrogens with one attached hydrogen (secondary N) is 1. The van der Waals surface area contributed by atoms with Gasteiger partial charge in [-0.05, 0) is 26.7 Å². The second-order valence-corrected chi connectivity index (χ2v) is 7.33. The van der Waals surface area contributed by atoms with Crippen LogP contribution in [0.5, 0.6) is 0 Å². The summed E-state index contributed by atoms with van der Waals surface area (Å²) in [5.74, 6) is -0.329. The van der Waals surface area contributed by atoms with Gasteiger partial charge in [-0.25, -0.2) is 4.98 Å². The van der Waals surface area contributed by atoms with Crippen molar-refractivity contribution in [2.24, 2.45) is 5.41 Å². The number of carbonyl (C=O) groups excluding carboxylic acids is 1. The number of aryl methyl sites for hydroxylation is 2. The van der Waals surface area contributed by atoms with Gasteiger partial charge >= 0.3 is 0 Å². The van der Waals surface area contributed by atoms with Crippen molar-refractivity contribution >= 4 is 5.91 Å². The molecule has 6 heteroatoms. The minimum absolute atomic E-state index is 0.0354. The van der Waals surface area contributed by atoms with E-state index in [9.17, 15) is 9.59 Å². The first kappa shape index (κ1) is 18.6. The van der Waals surface area contributed by atoms with E-state index in [0.29, 0.717) is 11.4 Å². The Kier molecular flexibility index (Phi) is 5.48. The Labute approximate surface area is 143 Å². The maximum Gasteiger partial charge on any atom is 0.279 e. The Balaban J connectivity index is 2.10. The molecule has 0 unspecified atom stereocenters. The second-order valence-electron chi connectivity index (χ2n) is 7.33. The maximum atomic E-state index is 12.7. The molecule has 1 fully saturated rings. The quantitative estimate of drug-likeness (QED) is 0.810. The standard InChI is InChI=1S/C18H29N3O3/c1-7-8-9-24-14-10-13(18(14,4)5)21(6)17(23)15-16(22)20-12(3)11(2)19-15/h13-14H,7-10H2,1-6H3,(H,20,22)/t13-,14+/m0/s1. The van der Waals surface area contributed by atoms with E-state index in [2.05, 4.69) is 30.7 Å². The van der Waals surface area contributed by atoms with Crippen LogP contribution in [-0.2, 0) is 4.74 Å². The molecule has 6 nitrogen and oxygen atoms in total. The molecular formula is C18H29N3O3. The van der Waals surface area contributed by atoms with E-state index in [1.165, 1.54) is 0 Å². The Morgan fingerprint density at radius 3 is 2.67 bits per heavy atom. The minimum atomic E-state index is -0.428. The third-order valence-electron chi connectivity index (χ3n) is 5.27. The van der Waals surface area contributed by atoms with Gasteiger partial charge in [-0.15, -0.1) is 0 Å². The monoisotopic (exact) mass is 335 g/mol. The number of nitrogens with zero attached hydrogens (tertiary/aromatic N) is 2. The lowest BCUT2D eigenvalue weighted by Gasteiger charge is -2.54. The van der Waals surface area contributed by atoms with Crippen LogP contribution in [-0.4, -0.2) is 46.6 Å². The number of ether oxygens (including phenoxy) is 1. The molecule has 1 aromatic heterocycles. The summed E-state index contributed by atoms with van der Waals surface area (Å²) in [6, 6.07) is 0.0411. The molecule has 0 radical (unpaired) electrons. The van der Waals surface area contributed by atoms with E-state index in [1.807, 2.05) is 0 Å². The van der Waals surface area contributed by atoms with Gasteiger partial charge < -0.3 is 14.6 Å². The molecule has 0 aromatic carbocycles. The van der Waals surface area contributed by atoms with Crippen molar-refractivity contribution in [1.29, 1.82) is 0 Å². The van der Waals surface area contributed by atoms with Crippen molar-refractivity contribution < 1.29 is 9.53 Å². The number of hydrogen-bond donors (Lipinski definition) is 1. The van der Waals surface area contributed by atoms with Gasteiger partial charge in [0.15, 0.2) is 5.69 Å². The molecule has 134 valence electrons. The highest BCUT2D eigenvalue weighted by Gasteiger charge is 2.52. The molecule has 0 aliphatic heterocycles. The molecule has 2 atom stereocenters. The molecule has 2 rings (SSSR count). The molecule has 0 saturated heterocycles. The molecule has 1 N–H and O–H groups in total. The largest absolute Gasteiger partial charge is 0.378 e. The molecule has 0 spiro atoms. The van der Waals surface area contributed by atoms with Gasteiger partial charge in [0, 0.05) is 30.8 Å². The van der Waals surface area contributed by atoms with E-state index in [-0.39, 0.29) is 29.2 Å². The van der Waals surface area contributed by atoms with Crippen LogP contribution in [0.1, 0.15) is 61.9 Å². The van der Waals surface area contributed by atoms with Crippen LogP contribution in [0.25, 0.3) is 0 Å². The van der Waals surface area contributed by atoms with Crippen molar-refractivity contribution in [3.05, 3.63) is 27.4 Å². The van der Waals surface area contributed by atoms with Crippen molar-refractivity contribution in [3.8, 4) is 0 Å². The zero-order chi connectivity index (χ0) is 18.1. The lowest BCUT2D eigenvalue weighted by atomic mass is 9.63. The summed E-state index contributed by atoms with van der Waals surface area (Å²) in [5.41, 5.74) is 0.757. The zero-order valence-electron chi connectivity index (χ0n) is 15.6. The zero-order valence-corrected chi connectivity index (χ0v) is 15.6. The molecule has 1 aromatic rings. The van der Waals surface area contributed by atoms with Crippen LogP contribution >= 0.6 is 0 Å². The predicted octanol–water partition coefficient (Wildman–Crippen LogP) is 2.44. The van der Waals surface area contributed by atoms with Gasteiger partial charge in [-0.1, -0.05) is 27.2 Å². The van der Waals surface area contributed by atoms with Gasteiger partial charge in [0.2, 0.25) is 0 Å². The van der Waals surface area contributed by atoms with Crippen LogP contribution in [0.3, 0.4) is 0 Å². The first-order chi connectivity index (χ1) is 11.2. The van der Waals surface area contributed by atoms with Crippen LogP contribution < -0.4 is 5.56 Å². The van der Waals surface area contributed by atoms with Crippen LogP contribution in [0.15, 0.2) is 4.79 Å². The lowest BCUT2D eigenvalue weighted by Crippen LogP contribution is -2.62. The highest BCUT2D eigenvalue weighted by molar-refractivity contribution is 5.92. The van der Waals surface area contributed by atoms with Gasteiger partial charge in [-0.3, -0.25) is 9.59 Å². The normalized spacial score (nSPS) is 22.1. The fourth-order valence-corrected chi connectivity index (χ4v) is 3.25. The Bertz CT molecular complexity index is 666. The van der Waals surface area contributed by atoms with Crippen LogP contribution in [0, 0.1) is 19.3 Å². The smallest absolute Gasteiger partial charge is 0.279 e. The van der Waals surface area contributed by atoms with E-state index in [0.717, 1.165) is 25.9 Å². The second kappa shape index (κ2) is 7.05. The highest BCUT2D eigenvalue weighted by atomic mass is 16.5. The van der Waals surface area contributed by atoms with Gasteiger partial charge in [0.1, 0.15) is 0 Å². The molecule has 1 amide bonds. The van der Waals surface area contributed by atoms with E-state index < -0.39 is 5.56 Å². The van der Waals surface area contributed by atoms with Crippen molar-refractivity contribution in [2.75, 3.05) is 13.7 Å². The molecule has 1 aliphatic rings. The van der Waals surface area contributed by atoms with E-state index in [1.54, 1.807) is 25.8 Å². The van der Waals surface area contributed by atoms with E-state index in [4.69, 9.17) is 4.74 Å². The minimum Gasteiger partial charge on any atom is -0.378 e. The molecule has 1 heterocycles. The van der Waals surface area contributed by atoms with Crippen molar-refractivity contribution in [2.45, 2.75) is 66.0 Å². The summed E-state index contributed by atoms with van der Waals surface area (Å²) < 4.78 is 5.94. The Morgan fingerprint density at radius 2 is 2.08 bits per heavy atom. The molecule has 1 saturated carbocycles. The van der Waals surface area contributed by atoms with Gasteiger partial charge in [0.25, 0.3) is 11.5 Å². The summed E-state index contributed by atoms with van der Waals surface area (Å²) in [4.78, 5) is 33.3. The summed E-state index contributed by atoms with van der Waals surface area (Å²) in [6.07, 6.45) is 3.10. The Hall–Kier alpha value is -1.69.